The van der Waals surface area contributed by atoms with Crippen LogP contribution in [-0.2, 0) is 4.74 Å². The summed E-state index contributed by atoms with van der Waals surface area (Å²) in [5, 5.41) is 59.1. The fourth-order valence-electron chi connectivity index (χ4n) is 2.90. The molecule has 1 fully saturated rings. The van der Waals surface area contributed by atoms with E-state index in [2.05, 4.69) is 0 Å². The van der Waals surface area contributed by atoms with Gasteiger partial charge in [-0.25, -0.2) is 0 Å². The molecule has 28 heavy (non-hydrogen) atoms. The van der Waals surface area contributed by atoms with Crippen LogP contribution in [0.25, 0.3) is 0 Å². The van der Waals surface area contributed by atoms with Crippen molar-refractivity contribution in [3.05, 3.63) is 47.5 Å². The number of phenols is 3. The number of phenolic OH excluding ortho intramolecular Hbond substituents is 3. The number of hydrogen-bond acceptors (Lipinski definition) is 9. The molecule has 2 aromatic carbocycles. The number of ether oxygens (including phenoxy) is 2. The van der Waals surface area contributed by atoms with Crippen molar-refractivity contribution in [2.24, 2.45) is 0 Å². The normalized spacial score (nSPS) is 27.4. The average molecular weight is 392 g/mol. The van der Waals surface area contributed by atoms with Crippen LogP contribution < -0.4 is 4.74 Å². The number of rotatable bonds is 4. The van der Waals surface area contributed by atoms with Gasteiger partial charge in [0.05, 0.1) is 6.10 Å². The molecular formula is C19H20O9. The van der Waals surface area contributed by atoms with Crippen molar-refractivity contribution < 1.29 is 44.9 Å². The summed E-state index contributed by atoms with van der Waals surface area (Å²) in [4.78, 5) is 12.8. The third-order valence-corrected chi connectivity index (χ3v) is 4.47. The van der Waals surface area contributed by atoms with E-state index in [0.717, 1.165) is 12.1 Å². The molecule has 0 amide bonds. The summed E-state index contributed by atoms with van der Waals surface area (Å²) in [5.41, 5.74) is -0.190. The maximum Gasteiger partial charge on any atom is 0.229 e. The summed E-state index contributed by atoms with van der Waals surface area (Å²) in [7, 11) is 0. The van der Waals surface area contributed by atoms with Crippen molar-refractivity contribution in [2.45, 2.75) is 37.6 Å². The number of aliphatic hydroxyl groups excluding tert-OH is 3. The molecule has 0 radical (unpaired) electrons. The number of aromatic hydroxyl groups is 3. The summed E-state index contributed by atoms with van der Waals surface area (Å²) in [6.07, 6.45) is -6.90. The molecule has 0 aliphatic carbocycles. The number of ketones is 1. The van der Waals surface area contributed by atoms with Gasteiger partial charge < -0.3 is 40.1 Å². The van der Waals surface area contributed by atoms with E-state index >= 15 is 0 Å². The van der Waals surface area contributed by atoms with Crippen molar-refractivity contribution in [1.29, 1.82) is 0 Å². The van der Waals surface area contributed by atoms with Gasteiger partial charge in [-0.1, -0.05) is 0 Å². The predicted molar refractivity (Wildman–Crippen MR) is 94.3 cm³/mol. The molecule has 5 atom stereocenters. The Bertz CT molecular complexity index is 864. The summed E-state index contributed by atoms with van der Waals surface area (Å²) >= 11 is 0. The molecule has 1 saturated heterocycles. The molecular weight excluding hydrogens is 372 g/mol. The van der Waals surface area contributed by atoms with Gasteiger partial charge in [-0.05, 0) is 31.2 Å². The number of carbonyl (C=O) groups is 1. The molecule has 1 aliphatic heterocycles. The van der Waals surface area contributed by atoms with Crippen LogP contribution in [0.2, 0.25) is 0 Å². The maximum absolute atomic E-state index is 12.8. The van der Waals surface area contributed by atoms with Gasteiger partial charge in [-0.15, -0.1) is 0 Å². The number of aliphatic hydroxyl groups is 3. The van der Waals surface area contributed by atoms with Crippen LogP contribution in [0.5, 0.6) is 23.0 Å². The van der Waals surface area contributed by atoms with Gasteiger partial charge >= 0.3 is 0 Å². The Hall–Kier alpha value is -2.85. The summed E-state index contributed by atoms with van der Waals surface area (Å²) < 4.78 is 10.8. The molecule has 0 spiro atoms. The molecule has 1 aliphatic rings. The van der Waals surface area contributed by atoms with E-state index in [1.165, 1.54) is 31.2 Å². The fourth-order valence-corrected chi connectivity index (χ4v) is 2.90. The highest BCUT2D eigenvalue weighted by Crippen LogP contribution is 2.36. The van der Waals surface area contributed by atoms with E-state index in [9.17, 15) is 35.4 Å². The lowest BCUT2D eigenvalue weighted by Gasteiger charge is -2.39. The number of benzene rings is 2. The Morgan fingerprint density at radius 3 is 2.21 bits per heavy atom. The molecule has 0 bridgehead atoms. The standard InChI is InChI=1S/C19H20O9/c1-8-15(23)17(25)18(26)19(27-8)28-13-7-11(21)6-12(22)14(13)16(24)9-2-4-10(20)5-3-9/h2-8,15,17-23,25-26H,1H3/t8-,15-,17+,18+,19+/m0/s1. The largest absolute Gasteiger partial charge is 0.508 e. The molecule has 9 heteroatoms. The zero-order chi connectivity index (χ0) is 20.6. The first-order chi connectivity index (χ1) is 13.2. The Balaban J connectivity index is 1.97. The Kier molecular flexibility index (Phi) is 5.43. The Morgan fingerprint density at radius 1 is 0.929 bits per heavy atom. The fraction of sp³-hybridized carbons (Fsp3) is 0.316. The van der Waals surface area contributed by atoms with Gasteiger partial charge in [0.2, 0.25) is 12.1 Å². The van der Waals surface area contributed by atoms with E-state index < -0.39 is 48.0 Å². The molecule has 0 unspecified atom stereocenters. The summed E-state index contributed by atoms with van der Waals surface area (Å²) in [6, 6.07) is 7.24. The minimum absolute atomic E-state index is 0.0526. The van der Waals surface area contributed by atoms with E-state index in [1.54, 1.807) is 0 Å². The van der Waals surface area contributed by atoms with Crippen molar-refractivity contribution in [1.82, 2.24) is 0 Å². The summed E-state index contributed by atoms with van der Waals surface area (Å²) in [6.45, 7) is 1.46. The van der Waals surface area contributed by atoms with Crippen molar-refractivity contribution in [2.75, 3.05) is 0 Å². The topological polar surface area (TPSA) is 157 Å². The lowest BCUT2D eigenvalue weighted by atomic mass is 9.99. The van der Waals surface area contributed by atoms with Crippen LogP contribution in [0.15, 0.2) is 36.4 Å². The van der Waals surface area contributed by atoms with Crippen molar-refractivity contribution in [3.63, 3.8) is 0 Å². The van der Waals surface area contributed by atoms with E-state index in [0.29, 0.717) is 0 Å². The second kappa shape index (κ2) is 7.64. The Morgan fingerprint density at radius 2 is 1.57 bits per heavy atom. The van der Waals surface area contributed by atoms with Gasteiger partial charge in [-0.3, -0.25) is 4.79 Å². The first-order valence-corrected chi connectivity index (χ1v) is 8.45. The quantitative estimate of drug-likeness (QED) is 0.401. The molecule has 9 nitrogen and oxygen atoms in total. The van der Waals surface area contributed by atoms with E-state index in [1.807, 2.05) is 0 Å². The summed E-state index contributed by atoms with van der Waals surface area (Å²) in [5.74, 6) is -2.01. The van der Waals surface area contributed by atoms with Crippen molar-refractivity contribution in [3.8, 4) is 23.0 Å². The maximum atomic E-state index is 12.8. The molecule has 2 aromatic rings. The third-order valence-electron chi connectivity index (χ3n) is 4.47. The third kappa shape index (κ3) is 3.73. The monoisotopic (exact) mass is 392 g/mol. The molecule has 150 valence electrons. The lowest BCUT2D eigenvalue weighted by molar-refractivity contribution is -0.268. The first-order valence-electron chi connectivity index (χ1n) is 8.45. The van der Waals surface area contributed by atoms with Gasteiger partial charge in [-0.2, -0.15) is 0 Å². The SMILES string of the molecule is C[C@@H]1O[C@H](Oc2cc(O)cc(O)c2C(=O)c2ccc(O)cc2)[C@H](O)[C@H](O)[C@H]1O. The molecule has 0 saturated carbocycles. The van der Waals surface area contributed by atoms with Crippen LogP contribution in [-0.4, -0.2) is 67.1 Å². The smallest absolute Gasteiger partial charge is 0.229 e. The highest BCUT2D eigenvalue weighted by atomic mass is 16.7. The highest BCUT2D eigenvalue weighted by molar-refractivity contribution is 6.12. The molecule has 3 rings (SSSR count). The van der Waals surface area contributed by atoms with E-state index in [-0.39, 0.29) is 22.6 Å². The highest BCUT2D eigenvalue weighted by Gasteiger charge is 2.43. The molecule has 1 heterocycles. The van der Waals surface area contributed by atoms with Gasteiger partial charge in [0.25, 0.3) is 0 Å². The van der Waals surface area contributed by atoms with Gasteiger partial charge in [0.1, 0.15) is 46.9 Å². The second-order valence-electron chi connectivity index (χ2n) is 6.51. The lowest BCUT2D eigenvalue weighted by Crippen LogP contribution is -2.58. The second-order valence-corrected chi connectivity index (χ2v) is 6.51. The van der Waals surface area contributed by atoms with Gasteiger partial charge in [0, 0.05) is 17.7 Å². The van der Waals surface area contributed by atoms with Crippen LogP contribution >= 0.6 is 0 Å². The average Bonchev–Trinajstić information content (AvgIpc) is 2.64. The predicted octanol–water partition coefficient (Wildman–Crippen LogP) is 0.241. The minimum atomic E-state index is -1.65. The van der Waals surface area contributed by atoms with Crippen molar-refractivity contribution >= 4 is 5.78 Å². The van der Waals surface area contributed by atoms with Crippen LogP contribution in [0.1, 0.15) is 22.8 Å². The number of hydrogen-bond donors (Lipinski definition) is 6. The Labute approximate surface area is 159 Å². The van der Waals surface area contributed by atoms with E-state index in [4.69, 9.17) is 9.47 Å². The zero-order valence-electron chi connectivity index (χ0n) is 14.8. The molecule has 6 N–H and O–H groups in total. The molecule has 0 aromatic heterocycles. The van der Waals surface area contributed by atoms with Crippen LogP contribution in [0.3, 0.4) is 0 Å². The van der Waals surface area contributed by atoms with Crippen LogP contribution in [0.4, 0.5) is 0 Å². The zero-order valence-corrected chi connectivity index (χ0v) is 14.8. The number of carbonyl (C=O) groups excluding carboxylic acids is 1. The minimum Gasteiger partial charge on any atom is -0.508 e. The first kappa shape index (κ1) is 19.9. The van der Waals surface area contributed by atoms with Gasteiger partial charge in [0.15, 0.2) is 0 Å². The van der Waals surface area contributed by atoms with Crippen LogP contribution in [0, 0.1) is 0 Å².